The Morgan fingerprint density at radius 2 is 1.61 bits per heavy atom. The van der Waals surface area contributed by atoms with Gasteiger partial charge >= 0.3 is 0 Å². The van der Waals surface area contributed by atoms with Crippen molar-refractivity contribution < 1.29 is 9.84 Å². The van der Waals surface area contributed by atoms with Crippen LogP contribution in [0.2, 0.25) is 0 Å². The van der Waals surface area contributed by atoms with Crippen LogP contribution in [0.25, 0.3) is 0 Å². The van der Waals surface area contributed by atoms with Gasteiger partial charge in [0, 0.05) is 7.11 Å². The van der Waals surface area contributed by atoms with Crippen molar-refractivity contribution in [2.45, 2.75) is 58.2 Å². The maximum atomic E-state index is 10.9. The summed E-state index contributed by atoms with van der Waals surface area (Å²) in [6.45, 7) is 6.34. The van der Waals surface area contributed by atoms with Crippen LogP contribution in [0.4, 0.5) is 0 Å². The van der Waals surface area contributed by atoms with Gasteiger partial charge in [-0.25, -0.2) is 0 Å². The summed E-state index contributed by atoms with van der Waals surface area (Å²) >= 11 is 0. The van der Waals surface area contributed by atoms with Crippen LogP contribution in [-0.4, -0.2) is 18.3 Å². The fraction of sp³-hybridized carbons (Fsp3) is 0.625. The van der Waals surface area contributed by atoms with Gasteiger partial charge in [0.1, 0.15) is 0 Å². The minimum absolute atomic E-state index is 0.317. The van der Waals surface area contributed by atoms with E-state index in [1.54, 1.807) is 7.11 Å². The molecule has 2 rings (SSSR count). The summed E-state index contributed by atoms with van der Waals surface area (Å²) < 4.78 is 5.38. The van der Waals surface area contributed by atoms with Crippen LogP contribution in [0, 0.1) is 20.8 Å². The topological polar surface area (TPSA) is 29.5 Å². The molecule has 0 saturated heterocycles. The third kappa shape index (κ3) is 2.45. The zero-order valence-corrected chi connectivity index (χ0v) is 11.9. The van der Waals surface area contributed by atoms with Gasteiger partial charge in [-0.1, -0.05) is 12.1 Å². The first-order valence-corrected chi connectivity index (χ1v) is 6.80. The summed E-state index contributed by atoms with van der Waals surface area (Å²) in [6, 6.07) is 4.35. The largest absolute Gasteiger partial charge is 0.385 e. The lowest BCUT2D eigenvalue weighted by atomic mass is 9.76. The summed E-state index contributed by atoms with van der Waals surface area (Å²) in [6.07, 6.45) is 3.81. The molecule has 0 unspecified atom stereocenters. The number of hydrogen-bond acceptors (Lipinski definition) is 2. The molecule has 2 heteroatoms. The van der Waals surface area contributed by atoms with E-state index in [0.717, 1.165) is 31.2 Å². The lowest BCUT2D eigenvalue weighted by molar-refractivity contribution is -0.0478. The van der Waals surface area contributed by atoms with Crippen molar-refractivity contribution >= 4 is 0 Å². The summed E-state index contributed by atoms with van der Waals surface area (Å²) in [4.78, 5) is 0. The van der Waals surface area contributed by atoms with Crippen molar-refractivity contribution in [3.05, 3.63) is 34.4 Å². The predicted octanol–water partition coefficient (Wildman–Crippen LogP) is 3.39. The molecule has 0 atom stereocenters. The van der Waals surface area contributed by atoms with Gasteiger partial charge in [-0.3, -0.25) is 0 Å². The molecule has 1 aromatic carbocycles. The van der Waals surface area contributed by atoms with E-state index in [1.807, 2.05) is 0 Å². The van der Waals surface area contributed by atoms with Crippen molar-refractivity contribution in [3.63, 3.8) is 0 Å². The van der Waals surface area contributed by atoms with E-state index in [-0.39, 0.29) is 0 Å². The van der Waals surface area contributed by atoms with Crippen LogP contribution in [0.3, 0.4) is 0 Å². The van der Waals surface area contributed by atoms with E-state index in [9.17, 15) is 5.11 Å². The molecule has 1 aliphatic rings. The third-order valence-corrected chi connectivity index (χ3v) is 4.44. The minimum atomic E-state index is -0.655. The van der Waals surface area contributed by atoms with Gasteiger partial charge in [0.15, 0.2) is 0 Å². The van der Waals surface area contributed by atoms with E-state index < -0.39 is 5.60 Å². The molecule has 1 fully saturated rings. The number of aryl methyl sites for hydroxylation is 3. The first-order chi connectivity index (χ1) is 8.46. The molecule has 100 valence electrons. The highest BCUT2D eigenvalue weighted by Crippen LogP contribution is 2.39. The first kappa shape index (κ1) is 13.6. The molecule has 0 bridgehead atoms. The Balaban J connectivity index is 2.28. The second-order valence-electron chi connectivity index (χ2n) is 5.72. The lowest BCUT2D eigenvalue weighted by Crippen LogP contribution is -2.34. The number of benzene rings is 1. The highest BCUT2D eigenvalue weighted by Gasteiger charge is 2.35. The van der Waals surface area contributed by atoms with Crippen LogP contribution in [0.1, 0.15) is 47.9 Å². The van der Waals surface area contributed by atoms with E-state index in [1.165, 1.54) is 16.7 Å². The van der Waals surface area contributed by atoms with Gasteiger partial charge in [-0.05, 0) is 68.7 Å². The second kappa shape index (κ2) is 5.02. The Bertz CT molecular complexity index is 429. The van der Waals surface area contributed by atoms with Gasteiger partial charge in [0.25, 0.3) is 0 Å². The van der Waals surface area contributed by atoms with Gasteiger partial charge in [0.2, 0.25) is 0 Å². The summed E-state index contributed by atoms with van der Waals surface area (Å²) in [5, 5.41) is 10.9. The van der Waals surface area contributed by atoms with E-state index in [2.05, 4.69) is 32.9 Å². The van der Waals surface area contributed by atoms with Crippen molar-refractivity contribution in [2.24, 2.45) is 0 Å². The third-order valence-electron chi connectivity index (χ3n) is 4.44. The van der Waals surface area contributed by atoms with Crippen LogP contribution >= 0.6 is 0 Å². The maximum absolute atomic E-state index is 10.9. The zero-order valence-electron chi connectivity index (χ0n) is 11.9. The Morgan fingerprint density at radius 3 is 2.17 bits per heavy atom. The average molecular weight is 248 g/mol. The molecule has 0 aliphatic heterocycles. The number of ether oxygens (including phenoxy) is 1. The smallest absolute Gasteiger partial charge is 0.0901 e. The number of aliphatic hydroxyl groups is 1. The maximum Gasteiger partial charge on any atom is 0.0901 e. The second-order valence-corrected chi connectivity index (χ2v) is 5.72. The molecule has 0 spiro atoms. The molecule has 2 nitrogen and oxygen atoms in total. The molecule has 1 N–H and O–H groups in total. The molecule has 0 radical (unpaired) electrons. The number of methoxy groups -OCH3 is 1. The van der Waals surface area contributed by atoms with Crippen LogP contribution < -0.4 is 0 Å². The Kier molecular flexibility index (Phi) is 3.79. The van der Waals surface area contributed by atoms with Crippen LogP contribution in [0.15, 0.2) is 12.1 Å². The Labute approximate surface area is 110 Å². The average Bonchev–Trinajstić information content (AvgIpc) is 2.34. The Morgan fingerprint density at radius 1 is 1.06 bits per heavy atom. The van der Waals surface area contributed by atoms with Crippen molar-refractivity contribution in [2.75, 3.05) is 7.11 Å². The fourth-order valence-electron chi connectivity index (χ4n) is 3.04. The molecular weight excluding hydrogens is 224 g/mol. The fourth-order valence-corrected chi connectivity index (χ4v) is 3.04. The van der Waals surface area contributed by atoms with E-state index in [4.69, 9.17) is 4.74 Å². The highest BCUT2D eigenvalue weighted by molar-refractivity contribution is 5.40. The minimum Gasteiger partial charge on any atom is -0.385 e. The molecule has 1 aliphatic carbocycles. The van der Waals surface area contributed by atoms with Gasteiger partial charge in [-0.15, -0.1) is 0 Å². The lowest BCUT2D eigenvalue weighted by Gasteiger charge is -2.37. The molecule has 1 aromatic rings. The van der Waals surface area contributed by atoms with Crippen molar-refractivity contribution in [3.8, 4) is 0 Å². The van der Waals surface area contributed by atoms with Crippen LogP contribution in [0.5, 0.6) is 0 Å². The molecular formula is C16H24O2. The number of rotatable bonds is 2. The molecule has 0 amide bonds. The monoisotopic (exact) mass is 248 g/mol. The summed E-state index contributed by atoms with van der Waals surface area (Å²) in [5.74, 6) is 0. The Hall–Kier alpha value is -0.860. The van der Waals surface area contributed by atoms with Gasteiger partial charge in [-0.2, -0.15) is 0 Å². The summed E-state index contributed by atoms with van der Waals surface area (Å²) in [5.41, 5.74) is 4.22. The van der Waals surface area contributed by atoms with E-state index in [0.29, 0.717) is 6.10 Å². The SMILES string of the molecule is COC1CCC(O)(c2cc(C)c(C)cc2C)CC1. The van der Waals surface area contributed by atoms with E-state index >= 15 is 0 Å². The summed E-state index contributed by atoms with van der Waals surface area (Å²) in [7, 11) is 1.76. The standard InChI is InChI=1S/C16H24O2/c1-11-9-13(3)15(10-12(11)2)16(17)7-5-14(18-4)6-8-16/h9-10,14,17H,5-8H2,1-4H3. The van der Waals surface area contributed by atoms with Crippen molar-refractivity contribution in [1.82, 2.24) is 0 Å². The van der Waals surface area contributed by atoms with Crippen LogP contribution in [-0.2, 0) is 10.3 Å². The highest BCUT2D eigenvalue weighted by atomic mass is 16.5. The zero-order chi connectivity index (χ0) is 13.3. The van der Waals surface area contributed by atoms with Gasteiger partial charge < -0.3 is 9.84 Å². The molecule has 0 heterocycles. The normalized spacial score (nSPS) is 28.4. The first-order valence-electron chi connectivity index (χ1n) is 6.80. The molecule has 0 aromatic heterocycles. The van der Waals surface area contributed by atoms with Crippen molar-refractivity contribution in [1.29, 1.82) is 0 Å². The van der Waals surface area contributed by atoms with Gasteiger partial charge in [0.05, 0.1) is 11.7 Å². The number of hydrogen-bond donors (Lipinski definition) is 1. The quantitative estimate of drug-likeness (QED) is 0.869. The molecule has 1 saturated carbocycles. The predicted molar refractivity (Wildman–Crippen MR) is 73.8 cm³/mol. The molecule has 18 heavy (non-hydrogen) atoms.